The van der Waals surface area contributed by atoms with Gasteiger partial charge < -0.3 is 39.4 Å². The molecule has 0 aliphatic carbocycles. The van der Waals surface area contributed by atoms with Gasteiger partial charge in [0.1, 0.15) is 12.1 Å². The highest BCUT2D eigenvalue weighted by molar-refractivity contribution is 5.96. The Kier molecular flexibility index (Phi) is 11.7. The van der Waals surface area contributed by atoms with Crippen LogP contribution in [0.25, 0.3) is 5.69 Å². The molecule has 2 atom stereocenters. The number of aromatic nitrogens is 2. The molecule has 0 unspecified atom stereocenters. The van der Waals surface area contributed by atoms with E-state index < -0.39 is 42.6 Å². The van der Waals surface area contributed by atoms with E-state index in [2.05, 4.69) is 10.4 Å². The van der Waals surface area contributed by atoms with Crippen molar-refractivity contribution in [1.29, 1.82) is 0 Å². The van der Waals surface area contributed by atoms with Gasteiger partial charge in [-0.25, -0.2) is 9.48 Å². The fourth-order valence-electron chi connectivity index (χ4n) is 5.85. The van der Waals surface area contributed by atoms with Crippen molar-refractivity contribution in [3.05, 3.63) is 42.1 Å². The zero-order valence-electron chi connectivity index (χ0n) is 27.3. The van der Waals surface area contributed by atoms with Crippen LogP contribution in [0.2, 0.25) is 0 Å². The lowest BCUT2D eigenvalue weighted by molar-refractivity contribution is -0.157. The summed E-state index contributed by atoms with van der Waals surface area (Å²) in [6.45, 7) is 3.94. The van der Waals surface area contributed by atoms with Gasteiger partial charge in [-0.15, -0.1) is 5.06 Å². The number of aliphatic carboxylic acids is 1. The summed E-state index contributed by atoms with van der Waals surface area (Å²) >= 11 is 0. The first-order chi connectivity index (χ1) is 23.6. The molecule has 264 valence electrons. The number of nitrogens with one attached hydrogen (secondary N) is 1. The number of carboxylic acid groups (broad SMARTS) is 1. The quantitative estimate of drug-likeness (QED) is 0.281. The van der Waals surface area contributed by atoms with Crippen molar-refractivity contribution in [3.8, 4) is 11.6 Å². The number of piperazine rings is 1. The molecule has 3 aliphatic heterocycles. The number of carbonyl (C=O) groups excluding carboxylic acids is 5. The molecule has 17 nitrogen and oxygen atoms in total. The minimum absolute atomic E-state index is 0.0516. The van der Waals surface area contributed by atoms with Crippen molar-refractivity contribution in [1.82, 2.24) is 34.9 Å². The standard InChI is InChI=1S/C32H41N7O10/c1-2-47-32(46)49-37-18-16-36(17-19-37)30(44)23(11-12-28(41)42)33-29(43)24-20-27(39(34-24)22-8-4-3-5-9-22)48-21-26(40)38-15-6-10-25(38)31(45)35-13-7-14-35/h3-5,8-9,20,23,25H,2,6-7,10-19,21H2,1H3,(H,33,43)(H,41,42)/t23-,25-/m0/s1. The Labute approximate surface area is 282 Å². The van der Waals surface area contributed by atoms with Gasteiger partial charge in [-0.1, -0.05) is 18.2 Å². The first-order valence-corrected chi connectivity index (χ1v) is 16.4. The van der Waals surface area contributed by atoms with Gasteiger partial charge in [0.15, 0.2) is 12.3 Å². The van der Waals surface area contributed by atoms with E-state index in [9.17, 15) is 33.9 Å². The predicted molar refractivity (Wildman–Crippen MR) is 169 cm³/mol. The molecule has 49 heavy (non-hydrogen) atoms. The smallest absolute Gasteiger partial charge is 0.481 e. The van der Waals surface area contributed by atoms with Crippen LogP contribution in [-0.2, 0) is 28.8 Å². The Morgan fingerprint density at radius 3 is 2.35 bits per heavy atom. The molecule has 4 amide bonds. The molecule has 3 aliphatic rings. The van der Waals surface area contributed by atoms with Crippen LogP contribution in [0.5, 0.6) is 5.88 Å². The molecule has 0 radical (unpaired) electrons. The average Bonchev–Trinajstić information content (AvgIpc) is 3.73. The van der Waals surface area contributed by atoms with Gasteiger partial charge in [-0.05, 0) is 44.7 Å². The minimum atomic E-state index is -1.19. The van der Waals surface area contributed by atoms with Gasteiger partial charge in [0.25, 0.3) is 11.8 Å². The number of amides is 4. The molecule has 5 rings (SSSR count). The van der Waals surface area contributed by atoms with E-state index in [1.54, 1.807) is 47.1 Å². The molecule has 0 spiro atoms. The molecule has 3 saturated heterocycles. The lowest BCUT2D eigenvalue weighted by Gasteiger charge is -2.35. The number of hydrogen-bond donors (Lipinski definition) is 2. The zero-order chi connectivity index (χ0) is 34.9. The number of rotatable bonds is 13. The van der Waals surface area contributed by atoms with Crippen molar-refractivity contribution in [3.63, 3.8) is 0 Å². The van der Waals surface area contributed by atoms with Crippen LogP contribution in [0, 0.1) is 0 Å². The van der Waals surface area contributed by atoms with E-state index in [1.165, 1.54) is 20.7 Å². The van der Waals surface area contributed by atoms with Gasteiger partial charge in [-0.3, -0.25) is 24.0 Å². The highest BCUT2D eigenvalue weighted by Gasteiger charge is 2.38. The highest BCUT2D eigenvalue weighted by Crippen LogP contribution is 2.24. The number of carbonyl (C=O) groups is 6. The van der Waals surface area contributed by atoms with Crippen LogP contribution < -0.4 is 10.1 Å². The Morgan fingerprint density at radius 1 is 0.959 bits per heavy atom. The molecule has 2 N–H and O–H groups in total. The SMILES string of the molecule is CCOC(=O)ON1CCN(C(=O)[C@H](CCC(=O)O)NC(=O)c2cc(OCC(=O)N3CCC[C@H]3C(=O)N3CCC3)n(-c3ccccc3)n2)CC1. The van der Waals surface area contributed by atoms with Crippen molar-refractivity contribution >= 4 is 35.8 Å². The molecule has 0 saturated carbocycles. The number of likely N-dealkylation sites (tertiary alicyclic amines) is 2. The molecule has 1 aromatic heterocycles. The fourth-order valence-corrected chi connectivity index (χ4v) is 5.85. The van der Waals surface area contributed by atoms with Crippen molar-refractivity contribution in [2.45, 2.75) is 51.1 Å². The third-order valence-electron chi connectivity index (χ3n) is 8.55. The molecular formula is C32H41N7O10. The summed E-state index contributed by atoms with van der Waals surface area (Å²) in [5, 5.41) is 17.7. The molecule has 17 heteroatoms. The van der Waals surface area contributed by atoms with Crippen LogP contribution in [0.1, 0.15) is 49.5 Å². The van der Waals surface area contributed by atoms with E-state index in [0.29, 0.717) is 38.2 Å². The van der Waals surface area contributed by atoms with Crippen LogP contribution in [0.4, 0.5) is 4.79 Å². The van der Waals surface area contributed by atoms with Crippen LogP contribution in [0.3, 0.4) is 0 Å². The van der Waals surface area contributed by atoms with E-state index >= 15 is 0 Å². The monoisotopic (exact) mass is 683 g/mol. The molecule has 0 bridgehead atoms. The molecule has 1 aromatic carbocycles. The summed E-state index contributed by atoms with van der Waals surface area (Å²) < 4.78 is 12.0. The number of nitrogens with zero attached hydrogens (tertiary/aromatic N) is 6. The number of benzene rings is 1. The second-order valence-corrected chi connectivity index (χ2v) is 11.8. The van der Waals surface area contributed by atoms with E-state index in [0.717, 1.165) is 6.42 Å². The Hall–Kier alpha value is -5.19. The second-order valence-electron chi connectivity index (χ2n) is 11.8. The maximum Gasteiger partial charge on any atom is 0.527 e. The van der Waals surface area contributed by atoms with Gasteiger partial charge in [0, 0.05) is 45.2 Å². The Balaban J connectivity index is 1.27. The van der Waals surface area contributed by atoms with E-state index in [1.807, 2.05) is 0 Å². The molecule has 3 fully saturated rings. The van der Waals surface area contributed by atoms with Crippen LogP contribution >= 0.6 is 0 Å². The predicted octanol–water partition coefficient (Wildman–Crippen LogP) is 0.670. The van der Waals surface area contributed by atoms with Gasteiger partial charge in [-0.2, -0.15) is 5.10 Å². The van der Waals surface area contributed by atoms with Gasteiger partial charge in [0.2, 0.25) is 17.7 Å². The first kappa shape index (κ1) is 35.1. The lowest BCUT2D eigenvalue weighted by atomic mass is 10.1. The number of hydrogen-bond acceptors (Lipinski definition) is 11. The molecule has 2 aromatic rings. The summed E-state index contributed by atoms with van der Waals surface area (Å²) in [7, 11) is 0. The van der Waals surface area contributed by atoms with Gasteiger partial charge in [0.05, 0.1) is 25.4 Å². The Morgan fingerprint density at radius 2 is 1.69 bits per heavy atom. The maximum atomic E-state index is 13.5. The average molecular weight is 684 g/mol. The van der Waals surface area contributed by atoms with E-state index in [-0.39, 0.29) is 69.0 Å². The normalized spacial score (nSPS) is 18.3. The lowest BCUT2D eigenvalue weighted by Crippen LogP contribution is -2.55. The zero-order valence-corrected chi connectivity index (χ0v) is 27.3. The Bertz CT molecular complexity index is 1520. The number of carboxylic acids is 1. The first-order valence-electron chi connectivity index (χ1n) is 16.4. The summed E-state index contributed by atoms with van der Waals surface area (Å²) in [4.78, 5) is 86.0. The van der Waals surface area contributed by atoms with Crippen molar-refractivity contribution in [2.75, 3.05) is 59.0 Å². The summed E-state index contributed by atoms with van der Waals surface area (Å²) in [6, 6.07) is 8.42. The molecule has 4 heterocycles. The molecular weight excluding hydrogens is 642 g/mol. The van der Waals surface area contributed by atoms with Crippen molar-refractivity contribution < 1.29 is 48.2 Å². The second kappa shape index (κ2) is 16.3. The minimum Gasteiger partial charge on any atom is -0.481 e. The van der Waals surface area contributed by atoms with Crippen LogP contribution in [0.15, 0.2) is 36.4 Å². The summed E-state index contributed by atoms with van der Waals surface area (Å²) in [6.07, 6.45) is 0.842. The third kappa shape index (κ3) is 8.84. The third-order valence-corrected chi connectivity index (χ3v) is 8.55. The number of ether oxygens (including phenoxy) is 2. The van der Waals surface area contributed by atoms with Gasteiger partial charge >= 0.3 is 12.1 Å². The topological polar surface area (TPSA) is 193 Å². The summed E-state index contributed by atoms with van der Waals surface area (Å²) in [5.41, 5.74) is 0.413. The van der Waals surface area contributed by atoms with Crippen LogP contribution in [-0.4, -0.2) is 142 Å². The fraction of sp³-hybridized carbons (Fsp3) is 0.531. The highest BCUT2D eigenvalue weighted by atomic mass is 16.8. The number of para-hydroxylation sites is 1. The summed E-state index contributed by atoms with van der Waals surface area (Å²) in [5.74, 6) is -2.72. The van der Waals surface area contributed by atoms with E-state index in [4.69, 9.17) is 14.3 Å². The largest absolute Gasteiger partial charge is 0.527 e. The maximum absolute atomic E-state index is 13.5. The van der Waals surface area contributed by atoms with Crippen molar-refractivity contribution in [2.24, 2.45) is 0 Å². The number of hydroxylamine groups is 2.